The molecule has 0 saturated heterocycles. The van der Waals surface area contributed by atoms with Gasteiger partial charge < -0.3 is 0 Å². The zero-order valence-corrected chi connectivity index (χ0v) is 16.0. The van der Waals surface area contributed by atoms with Crippen LogP contribution in [0.2, 0.25) is 0 Å². The number of nitrogens with two attached hydrogens (primary N) is 1. The standard InChI is InChI=1S/C18H17FN4O2S2/c19-10-4-3-5-11(8-10)23-17(25)15-12-6-1-2-7-13(12)27-16(15)21-18(23)26-9-14(24)22-20/h3-5,8H,1-2,6-7,9,20H2,(H,22,24). The van der Waals surface area contributed by atoms with Crippen LogP contribution >= 0.6 is 23.1 Å². The van der Waals surface area contributed by atoms with Crippen molar-refractivity contribution in [3.05, 3.63) is 50.9 Å². The number of hydrogen-bond donors (Lipinski definition) is 2. The smallest absolute Gasteiger partial charge is 0.267 e. The predicted molar refractivity (Wildman–Crippen MR) is 105 cm³/mol. The van der Waals surface area contributed by atoms with Crippen LogP contribution in [-0.4, -0.2) is 21.2 Å². The van der Waals surface area contributed by atoms with E-state index >= 15 is 0 Å². The Balaban J connectivity index is 1.94. The van der Waals surface area contributed by atoms with Gasteiger partial charge in [-0.05, 0) is 49.4 Å². The first-order valence-electron chi connectivity index (χ1n) is 8.54. The van der Waals surface area contributed by atoms with Crippen LogP contribution in [-0.2, 0) is 17.6 Å². The van der Waals surface area contributed by atoms with Crippen molar-refractivity contribution in [2.24, 2.45) is 5.84 Å². The number of aromatic nitrogens is 2. The number of carbonyl (C=O) groups excluding carboxylic acids is 1. The topological polar surface area (TPSA) is 90.0 Å². The highest BCUT2D eigenvalue weighted by atomic mass is 32.2. The number of thiophene rings is 1. The van der Waals surface area contributed by atoms with Gasteiger partial charge in [0.15, 0.2) is 5.16 Å². The second-order valence-corrected chi connectivity index (χ2v) is 8.29. The molecule has 9 heteroatoms. The molecular weight excluding hydrogens is 387 g/mol. The zero-order valence-electron chi connectivity index (χ0n) is 14.3. The Morgan fingerprint density at radius 2 is 2.19 bits per heavy atom. The molecule has 0 unspecified atom stereocenters. The molecule has 3 aromatic rings. The normalized spacial score (nSPS) is 13.6. The largest absolute Gasteiger partial charge is 0.294 e. The summed E-state index contributed by atoms with van der Waals surface area (Å²) in [5.74, 6) is 4.33. The lowest BCUT2D eigenvalue weighted by Crippen LogP contribution is -2.32. The number of amides is 1. The van der Waals surface area contributed by atoms with Crippen molar-refractivity contribution in [1.29, 1.82) is 0 Å². The molecule has 0 bridgehead atoms. The molecular formula is C18H17FN4O2S2. The minimum absolute atomic E-state index is 0.00878. The molecule has 1 aromatic carbocycles. The number of thioether (sulfide) groups is 1. The van der Waals surface area contributed by atoms with E-state index in [4.69, 9.17) is 5.84 Å². The molecule has 3 N–H and O–H groups in total. The van der Waals surface area contributed by atoms with Crippen molar-refractivity contribution in [2.75, 3.05) is 5.75 Å². The van der Waals surface area contributed by atoms with Gasteiger partial charge in [0, 0.05) is 4.88 Å². The summed E-state index contributed by atoms with van der Waals surface area (Å²) >= 11 is 2.64. The Morgan fingerprint density at radius 1 is 1.37 bits per heavy atom. The van der Waals surface area contributed by atoms with E-state index in [1.54, 1.807) is 12.1 Å². The lowest BCUT2D eigenvalue weighted by molar-refractivity contribution is -0.118. The van der Waals surface area contributed by atoms with E-state index in [1.165, 1.54) is 32.9 Å². The second-order valence-electron chi connectivity index (χ2n) is 6.26. The van der Waals surface area contributed by atoms with Crippen LogP contribution in [0.4, 0.5) is 4.39 Å². The van der Waals surface area contributed by atoms with Crippen molar-refractivity contribution in [3.63, 3.8) is 0 Å². The highest BCUT2D eigenvalue weighted by Gasteiger charge is 2.23. The number of hydrazine groups is 1. The summed E-state index contributed by atoms with van der Waals surface area (Å²) in [5, 5.41) is 0.965. The highest BCUT2D eigenvalue weighted by molar-refractivity contribution is 7.99. The summed E-state index contributed by atoms with van der Waals surface area (Å²) < 4.78 is 15.2. The molecule has 0 atom stereocenters. The SMILES string of the molecule is NNC(=O)CSc1nc2sc3c(c2c(=O)n1-c1cccc(F)c1)CCCC3. The zero-order chi connectivity index (χ0) is 19.0. The average molecular weight is 404 g/mol. The molecule has 0 fully saturated rings. The Bertz CT molecular complexity index is 1090. The molecule has 0 spiro atoms. The lowest BCUT2D eigenvalue weighted by Gasteiger charge is -2.13. The van der Waals surface area contributed by atoms with Gasteiger partial charge in [-0.25, -0.2) is 15.2 Å². The van der Waals surface area contributed by atoms with Gasteiger partial charge in [0.05, 0.1) is 16.8 Å². The molecule has 1 aliphatic carbocycles. The van der Waals surface area contributed by atoms with Gasteiger partial charge in [0.2, 0.25) is 5.91 Å². The van der Waals surface area contributed by atoms with E-state index in [1.807, 2.05) is 0 Å². The Labute approximate surface area is 162 Å². The fourth-order valence-electron chi connectivity index (χ4n) is 3.30. The molecule has 27 heavy (non-hydrogen) atoms. The maximum Gasteiger partial charge on any atom is 0.267 e. The van der Waals surface area contributed by atoms with Gasteiger partial charge in [0.1, 0.15) is 10.6 Å². The maximum absolute atomic E-state index is 13.8. The van der Waals surface area contributed by atoms with Gasteiger partial charge in [-0.1, -0.05) is 17.8 Å². The first kappa shape index (κ1) is 18.1. The summed E-state index contributed by atoms with van der Waals surface area (Å²) in [4.78, 5) is 31.5. The van der Waals surface area contributed by atoms with Crippen molar-refractivity contribution < 1.29 is 9.18 Å². The van der Waals surface area contributed by atoms with Gasteiger partial charge >= 0.3 is 0 Å². The molecule has 0 saturated carbocycles. The highest BCUT2D eigenvalue weighted by Crippen LogP contribution is 2.35. The maximum atomic E-state index is 13.8. The number of benzene rings is 1. The summed E-state index contributed by atoms with van der Waals surface area (Å²) in [6, 6.07) is 5.82. The van der Waals surface area contributed by atoms with Crippen molar-refractivity contribution in [3.8, 4) is 5.69 Å². The van der Waals surface area contributed by atoms with E-state index in [0.29, 0.717) is 21.1 Å². The molecule has 6 nitrogen and oxygen atoms in total. The Morgan fingerprint density at radius 3 is 2.96 bits per heavy atom. The molecule has 0 aliphatic heterocycles. The van der Waals surface area contributed by atoms with E-state index in [-0.39, 0.29) is 17.2 Å². The molecule has 140 valence electrons. The van der Waals surface area contributed by atoms with E-state index < -0.39 is 5.82 Å². The van der Waals surface area contributed by atoms with Gasteiger partial charge in [0.25, 0.3) is 5.56 Å². The van der Waals surface area contributed by atoms with Gasteiger partial charge in [-0.2, -0.15) is 0 Å². The van der Waals surface area contributed by atoms with Gasteiger partial charge in [-0.3, -0.25) is 19.6 Å². The number of fused-ring (bicyclic) bond motifs is 3. The predicted octanol–water partition coefficient (Wildman–Crippen LogP) is 2.55. The summed E-state index contributed by atoms with van der Waals surface area (Å²) in [6.07, 6.45) is 3.97. The van der Waals surface area contributed by atoms with E-state index in [2.05, 4.69) is 10.4 Å². The third-order valence-electron chi connectivity index (χ3n) is 4.52. The van der Waals surface area contributed by atoms with E-state index in [0.717, 1.165) is 43.0 Å². The molecule has 0 radical (unpaired) electrons. The quantitative estimate of drug-likeness (QED) is 0.229. The third-order valence-corrected chi connectivity index (χ3v) is 6.64. The minimum Gasteiger partial charge on any atom is -0.294 e. The molecule has 2 heterocycles. The average Bonchev–Trinajstić information content (AvgIpc) is 3.04. The number of nitrogens with one attached hydrogen (secondary N) is 1. The van der Waals surface area contributed by atoms with Crippen molar-refractivity contribution >= 4 is 39.2 Å². The fraction of sp³-hybridized carbons (Fsp3) is 0.278. The number of rotatable bonds is 4. The first-order valence-corrected chi connectivity index (χ1v) is 10.3. The number of hydrogen-bond acceptors (Lipinski definition) is 6. The molecule has 2 aromatic heterocycles. The van der Waals surface area contributed by atoms with Crippen LogP contribution in [0.3, 0.4) is 0 Å². The summed E-state index contributed by atoms with van der Waals surface area (Å²) in [6.45, 7) is 0. The van der Waals surface area contributed by atoms with Crippen molar-refractivity contribution in [1.82, 2.24) is 15.0 Å². The number of halogens is 1. The lowest BCUT2D eigenvalue weighted by atomic mass is 9.97. The Hall–Kier alpha value is -2.23. The van der Waals surface area contributed by atoms with Crippen molar-refractivity contribution in [2.45, 2.75) is 30.8 Å². The van der Waals surface area contributed by atoms with E-state index in [9.17, 15) is 14.0 Å². The van der Waals surface area contributed by atoms with Crippen LogP contribution in [0, 0.1) is 5.82 Å². The van der Waals surface area contributed by atoms with Crippen LogP contribution in [0.5, 0.6) is 0 Å². The summed E-state index contributed by atoms with van der Waals surface area (Å²) in [7, 11) is 0. The van der Waals surface area contributed by atoms with Crippen LogP contribution in [0.1, 0.15) is 23.3 Å². The molecule has 1 aliphatic rings. The third kappa shape index (κ3) is 3.38. The minimum atomic E-state index is -0.442. The second kappa shape index (κ2) is 7.41. The van der Waals surface area contributed by atoms with Crippen LogP contribution in [0.25, 0.3) is 15.9 Å². The number of aryl methyl sites for hydroxylation is 2. The van der Waals surface area contributed by atoms with Crippen LogP contribution < -0.4 is 16.8 Å². The first-order chi connectivity index (χ1) is 13.1. The molecule has 1 amide bonds. The monoisotopic (exact) mass is 404 g/mol. The summed E-state index contributed by atoms with van der Waals surface area (Å²) in [5.41, 5.74) is 3.30. The Kier molecular flexibility index (Phi) is 4.98. The van der Waals surface area contributed by atoms with Crippen LogP contribution in [0.15, 0.2) is 34.2 Å². The molecule has 4 rings (SSSR count). The number of nitrogens with zero attached hydrogens (tertiary/aromatic N) is 2. The fourth-order valence-corrected chi connectivity index (χ4v) is 5.42. The number of carbonyl (C=O) groups is 1. The van der Waals surface area contributed by atoms with Gasteiger partial charge in [-0.15, -0.1) is 11.3 Å².